The molecule has 1 unspecified atom stereocenters. The molecule has 152 valence electrons. The van der Waals surface area contributed by atoms with E-state index in [0.29, 0.717) is 0 Å². The van der Waals surface area contributed by atoms with Gasteiger partial charge in [-0.15, -0.1) is 0 Å². The summed E-state index contributed by atoms with van der Waals surface area (Å²) in [5.41, 5.74) is 3.01. The lowest BCUT2D eigenvalue weighted by atomic mass is 9.80. The average Bonchev–Trinajstić information content (AvgIpc) is 3.21. The number of benzene rings is 2. The molecule has 2 aliphatic heterocycles. The minimum atomic E-state index is -0.383. The number of halogens is 1. The lowest BCUT2D eigenvalue weighted by Crippen LogP contribution is -2.55. The lowest BCUT2D eigenvalue weighted by molar-refractivity contribution is -0.147. The number of fused-ring (bicyclic) bond motifs is 4. The van der Waals surface area contributed by atoms with Gasteiger partial charge >= 0.3 is 0 Å². The van der Waals surface area contributed by atoms with Gasteiger partial charge in [-0.2, -0.15) is 5.10 Å². The minimum absolute atomic E-state index is 0.178. The Morgan fingerprint density at radius 3 is 2.62 bits per heavy atom. The summed E-state index contributed by atoms with van der Waals surface area (Å²) < 4.78 is 12.4. The van der Waals surface area contributed by atoms with Crippen molar-refractivity contribution < 1.29 is 9.47 Å². The maximum Gasteiger partial charge on any atom is 0.198 e. The standard InChI is InChI=1S/C24H27ClN2O2/c1-3-16-11-13-24(14-12-16)27-21(19-5-4-6-22(28-2)23(19)29-24)15-20(26-27)17-7-9-18(25)10-8-17/h4-10,16,21H,3,11-15H2,1-2H3. The average molecular weight is 411 g/mol. The van der Waals surface area contributed by atoms with E-state index in [1.54, 1.807) is 7.11 Å². The molecule has 5 heteroatoms. The molecule has 0 saturated heterocycles. The molecule has 2 aromatic carbocycles. The molecule has 0 N–H and O–H groups in total. The highest BCUT2D eigenvalue weighted by molar-refractivity contribution is 6.30. The smallest absolute Gasteiger partial charge is 0.198 e. The second kappa shape index (κ2) is 7.24. The Bertz CT molecular complexity index is 932. The molecule has 1 atom stereocenters. The highest BCUT2D eigenvalue weighted by atomic mass is 35.5. The van der Waals surface area contributed by atoms with Crippen LogP contribution in [0.2, 0.25) is 5.02 Å². The minimum Gasteiger partial charge on any atom is -0.493 e. The Hall–Kier alpha value is -2.20. The fourth-order valence-corrected chi connectivity index (χ4v) is 5.24. The summed E-state index contributed by atoms with van der Waals surface area (Å²) in [7, 11) is 1.72. The molecule has 2 aromatic rings. The van der Waals surface area contributed by atoms with Crippen molar-refractivity contribution >= 4 is 17.3 Å². The summed E-state index contributed by atoms with van der Waals surface area (Å²) in [4.78, 5) is 0. The van der Waals surface area contributed by atoms with Crippen LogP contribution < -0.4 is 9.47 Å². The van der Waals surface area contributed by atoms with Gasteiger partial charge in [0.25, 0.3) is 0 Å². The fourth-order valence-electron chi connectivity index (χ4n) is 5.11. The Labute approximate surface area is 177 Å². The highest BCUT2D eigenvalue weighted by Gasteiger charge is 2.52. The molecule has 2 heterocycles. The van der Waals surface area contributed by atoms with Gasteiger partial charge in [0.1, 0.15) is 0 Å². The molecule has 0 radical (unpaired) electrons. The number of ether oxygens (including phenoxy) is 2. The molecular formula is C24H27ClN2O2. The number of hydrogen-bond donors (Lipinski definition) is 0. The van der Waals surface area contributed by atoms with Gasteiger partial charge in [-0.1, -0.05) is 49.2 Å². The summed E-state index contributed by atoms with van der Waals surface area (Å²) >= 11 is 6.10. The van der Waals surface area contributed by atoms with Crippen LogP contribution in [0.3, 0.4) is 0 Å². The van der Waals surface area contributed by atoms with Crippen molar-refractivity contribution in [2.45, 2.75) is 57.2 Å². The van der Waals surface area contributed by atoms with E-state index in [9.17, 15) is 0 Å². The number of rotatable bonds is 3. The molecule has 0 bridgehead atoms. The lowest BCUT2D eigenvalue weighted by Gasteiger charge is -2.50. The summed E-state index contributed by atoms with van der Waals surface area (Å²) in [5.74, 6) is 2.50. The predicted octanol–water partition coefficient (Wildman–Crippen LogP) is 6.19. The van der Waals surface area contributed by atoms with E-state index in [-0.39, 0.29) is 11.8 Å². The second-order valence-electron chi connectivity index (χ2n) is 8.40. The van der Waals surface area contributed by atoms with E-state index in [0.717, 1.165) is 53.0 Å². The molecule has 4 nitrogen and oxygen atoms in total. The first kappa shape index (κ1) is 18.8. The molecule has 0 aromatic heterocycles. The van der Waals surface area contributed by atoms with E-state index in [4.69, 9.17) is 26.2 Å². The molecule has 1 fully saturated rings. The van der Waals surface area contributed by atoms with Crippen LogP contribution in [-0.4, -0.2) is 23.6 Å². The van der Waals surface area contributed by atoms with E-state index in [2.05, 4.69) is 30.1 Å². The summed E-state index contributed by atoms with van der Waals surface area (Å²) in [6.45, 7) is 2.29. The third-order valence-corrected chi connectivity index (χ3v) is 7.10. The molecule has 29 heavy (non-hydrogen) atoms. The first-order chi connectivity index (χ1) is 14.1. The number of hydrazone groups is 1. The van der Waals surface area contributed by atoms with E-state index < -0.39 is 0 Å². The molecule has 3 aliphatic rings. The van der Waals surface area contributed by atoms with Crippen LogP contribution in [-0.2, 0) is 0 Å². The topological polar surface area (TPSA) is 34.1 Å². The molecule has 1 spiro atoms. The zero-order valence-electron chi connectivity index (χ0n) is 17.0. The number of para-hydroxylation sites is 1. The van der Waals surface area contributed by atoms with E-state index in [1.807, 2.05) is 24.3 Å². The zero-order chi connectivity index (χ0) is 20.0. The van der Waals surface area contributed by atoms with Gasteiger partial charge in [0.15, 0.2) is 17.2 Å². The summed E-state index contributed by atoms with van der Waals surface area (Å²) in [6, 6.07) is 14.4. The van der Waals surface area contributed by atoms with Crippen LogP contribution in [0, 0.1) is 5.92 Å². The van der Waals surface area contributed by atoms with Gasteiger partial charge in [0, 0.05) is 29.8 Å². The van der Waals surface area contributed by atoms with Crippen molar-refractivity contribution in [3.8, 4) is 11.5 Å². The van der Waals surface area contributed by atoms with Crippen LogP contribution in [0.5, 0.6) is 11.5 Å². The first-order valence-electron chi connectivity index (χ1n) is 10.6. The Kier molecular flexibility index (Phi) is 4.70. The third kappa shape index (κ3) is 3.09. The highest BCUT2D eigenvalue weighted by Crippen LogP contribution is 2.54. The normalized spacial score (nSPS) is 27.8. The zero-order valence-corrected chi connectivity index (χ0v) is 17.8. The van der Waals surface area contributed by atoms with Crippen molar-refractivity contribution in [3.63, 3.8) is 0 Å². The van der Waals surface area contributed by atoms with Crippen LogP contribution in [0.15, 0.2) is 47.6 Å². The van der Waals surface area contributed by atoms with Gasteiger partial charge in [-0.3, -0.25) is 0 Å². The number of hydrogen-bond acceptors (Lipinski definition) is 4. The van der Waals surface area contributed by atoms with Crippen molar-refractivity contribution in [1.29, 1.82) is 0 Å². The van der Waals surface area contributed by atoms with E-state index in [1.165, 1.54) is 24.8 Å². The Balaban J connectivity index is 1.57. The molecule has 1 saturated carbocycles. The maximum absolute atomic E-state index is 6.77. The van der Waals surface area contributed by atoms with Gasteiger partial charge in [-0.05, 0) is 42.5 Å². The van der Waals surface area contributed by atoms with Gasteiger partial charge in [0.2, 0.25) is 0 Å². The van der Waals surface area contributed by atoms with Crippen LogP contribution >= 0.6 is 11.6 Å². The van der Waals surface area contributed by atoms with E-state index >= 15 is 0 Å². The molecule has 0 amide bonds. The van der Waals surface area contributed by atoms with Crippen LogP contribution in [0.25, 0.3) is 0 Å². The van der Waals surface area contributed by atoms with Crippen LogP contribution in [0.1, 0.15) is 62.6 Å². The third-order valence-electron chi connectivity index (χ3n) is 6.85. The SMILES string of the molecule is CCC1CCC2(CC1)Oc1c(OC)cccc1C1CC(c3ccc(Cl)cc3)=NN12. The quantitative estimate of drug-likeness (QED) is 0.605. The van der Waals surface area contributed by atoms with Crippen molar-refractivity contribution in [3.05, 3.63) is 58.6 Å². The van der Waals surface area contributed by atoms with Gasteiger partial charge in [-0.25, -0.2) is 5.01 Å². The largest absolute Gasteiger partial charge is 0.493 e. The molecular weight excluding hydrogens is 384 g/mol. The fraction of sp³-hybridized carbons (Fsp3) is 0.458. The molecule has 5 rings (SSSR count). The maximum atomic E-state index is 6.77. The van der Waals surface area contributed by atoms with Gasteiger partial charge < -0.3 is 9.47 Å². The van der Waals surface area contributed by atoms with Crippen molar-refractivity contribution in [2.75, 3.05) is 7.11 Å². The van der Waals surface area contributed by atoms with Crippen molar-refractivity contribution in [1.82, 2.24) is 5.01 Å². The monoisotopic (exact) mass is 410 g/mol. The first-order valence-corrected chi connectivity index (χ1v) is 11.0. The van der Waals surface area contributed by atoms with Crippen molar-refractivity contribution in [2.24, 2.45) is 11.0 Å². The Morgan fingerprint density at radius 1 is 1.17 bits per heavy atom. The second-order valence-corrected chi connectivity index (χ2v) is 8.83. The summed E-state index contributed by atoms with van der Waals surface area (Å²) in [5, 5.41) is 8.15. The molecule has 1 aliphatic carbocycles. The Morgan fingerprint density at radius 2 is 1.93 bits per heavy atom. The number of methoxy groups -OCH3 is 1. The van der Waals surface area contributed by atoms with Crippen LogP contribution in [0.4, 0.5) is 0 Å². The predicted molar refractivity (Wildman–Crippen MR) is 116 cm³/mol. The number of nitrogens with zero attached hydrogens (tertiary/aromatic N) is 2. The van der Waals surface area contributed by atoms with Gasteiger partial charge in [0.05, 0.1) is 18.9 Å². The summed E-state index contributed by atoms with van der Waals surface area (Å²) in [6.07, 6.45) is 6.45.